The van der Waals surface area contributed by atoms with E-state index in [-0.39, 0.29) is 0 Å². The minimum atomic E-state index is 0.495. The van der Waals surface area contributed by atoms with Crippen LogP contribution in [0.3, 0.4) is 0 Å². The first-order chi connectivity index (χ1) is 7.81. The van der Waals surface area contributed by atoms with E-state index in [0.29, 0.717) is 11.9 Å². The highest BCUT2D eigenvalue weighted by atomic mass is 15.3. The van der Waals surface area contributed by atoms with E-state index in [9.17, 15) is 0 Å². The van der Waals surface area contributed by atoms with Gasteiger partial charge in [0.2, 0.25) is 0 Å². The summed E-state index contributed by atoms with van der Waals surface area (Å²) in [6, 6.07) is 0.495. The molecular weight excluding hydrogens is 202 g/mol. The summed E-state index contributed by atoms with van der Waals surface area (Å²) < 4.78 is 0. The van der Waals surface area contributed by atoms with E-state index in [1.165, 1.54) is 19.3 Å². The van der Waals surface area contributed by atoms with Gasteiger partial charge in [-0.05, 0) is 18.8 Å². The molecule has 1 aromatic rings. The first kappa shape index (κ1) is 11.1. The van der Waals surface area contributed by atoms with Crippen molar-refractivity contribution in [1.82, 2.24) is 9.97 Å². The minimum Gasteiger partial charge on any atom is -0.366 e. The van der Waals surface area contributed by atoms with Gasteiger partial charge in [-0.1, -0.05) is 19.8 Å². The van der Waals surface area contributed by atoms with Crippen LogP contribution in [0.15, 0.2) is 12.4 Å². The van der Waals surface area contributed by atoms with Crippen molar-refractivity contribution in [2.24, 2.45) is 11.8 Å². The van der Waals surface area contributed by atoms with Gasteiger partial charge in [0.05, 0.1) is 12.4 Å². The molecule has 1 unspecified atom stereocenters. The predicted molar refractivity (Wildman–Crippen MR) is 64.9 cm³/mol. The second-order valence-corrected chi connectivity index (χ2v) is 4.36. The van der Waals surface area contributed by atoms with E-state index >= 15 is 0 Å². The van der Waals surface area contributed by atoms with Gasteiger partial charge >= 0.3 is 0 Å². The van der Waals surface area contributed by atoms with Crippen LogP contribution in [0, 0.1) is 5.92 Å². The van der Waals surface area contributed by atoms with Crippen LogP contribution < -0.4 is 16.6 Å². The molecule has 0 bridgehead atoms. The zero-order valence-corrected chi connectivity index (χ0v) is 9.61. The summed E-state index contributed by atoms with van der Waals surface area (Å²) in [5.41, 5.74) is 2.50. The molecule has 0 amide bonds. The average Bonchev–Trinajstić information content (AvgIpc) is 3.12. The Balaban J connectivity index is 1.94. The van der Waals surface area contributed by atoms with Crippen LogP contribution in [0.2, 0.25) is 0 Å². The Morgan fingerprint density at radius 2 is 2.19 bits per heavy atom. The number of nitrogens with one attached hydrogen (secondary N) is 2. The van der Waals surface area contributed by atoms with E-state index in [1.54, 1.807) is 12.4 Å². The number of anilines is 2. The van der Waals surface area contributed by atoms with Gasteiger partial charge in [-0.3, -0.25) is 4.98 Å². The quantitative estimate of drug-likeness (QED) is 0.504. The minimum absolute atomic E-state index is 0.495. The molecule has 16 heavy (non-hydrogen) atoms. The van der Waals surface area contributed by atoms with Crippen molar-refractivity contribution in [2.75, 3.05) is 10.7 Å². The van der Waals surface area contributed by atoms with Crippen LogP contribution in [0.5, 0.6) is 0 Å². The smallest absolute Gasteiger partial charge is 0.160 e. The molecule has 4 N–H and O–H groups in total. The molecule has 0 aromatic carbocycles. The summed E-state index contributed by atoms with van der Waals surface area (Å²) in [6.07, 6.45) is 8.45. The second kappa shape index (κ2) is 5.12. The maximum Gasteiger partial charge on any atom is 0.160 e. The summed E-state index contributed by atoms with van der Waals surface area (Å²) in [7, 11) is 0. The molecular formula is C11H19N5. The monoisotopic (exact) mass is 221 g/mol. The second-order valence-electron chi connectivity index (χ2n) is 4.36. The summed E-state index contributed by atoms with van der Waals surface area (Å²) in [6.45, 7) is 2.19. The van der Waals surface area contributed by atoms with Crippen LogP contribution in [0.4, 0.5) is 11.6 Å². The molecule has 1 fully saturated rings. The number of rotatable bonds is 6. The summed E-state index contributed by atoms with van der Waals surface area (Å²) in [5, 5.41) is 3.41. The first-order valence-electron chi connectivity index (χ1n) is 5.87. The summed E-state index contributed by atoms with van der Waals surface area (Å²) in [5.74, 6) is 7.59. The van der Waals surface area contributed by atoms with Gasteiger partial charge in [-0.2, -0.15) is 0 Å². The maximum absolute atomic E-state index is 5.29. The zero-order chi connectivity index (χ0) is 11.4. The van der Waals surface area contributed by atoms with Gasteiger partial charge in [-0.25, -0.2) is 10.8 Å². The van der Waals surface area contributed by atoms with Crippen LogP contribution in [0.1, 0.15) is 32.6 Å². The summed E-state index contributed by atoms with van der Waals surface area (Å²) >= 11 is 0. The first-order valence-corrected chi connectivity index (χ1v) is 5.87. The number of nitrogens with zero attached hydrogens (tertiary/aromatic N) is 2. The van der Waals surface area contributed by atoms with E-state index in [4.69, 9.17) is 5.84 Å². The molecule has 1 aliphatic rings. The normalized spacial score (nSPS) is 16.9. The van der Waals surface area contributed by atoms with Crippen LogP contribution in [0.25, 0.3) is 0 Å². The van der Waals surface area contributed by atoms with Gasteiger partial charge in [0, 0.05) is 6.04 Å². The molecule has 88 valence electrons. The van der Waals surface area contributed by atoms with Crippen molar-refractivity contribution in [1.29, 1.82) is 0 Å². The SMILES string of the molecule is CCC(CC1CC1)Nc1cncc(NN)n1. The van der Waals surface area contributed by atoms with E-state index in [1.807, 2.05) is 0 Å². The highest BCUT2D eigenvalue weighted by Crippen LogP contribution is 2.34. The molecule has 1 heterocycles. The number of nitrogen functional groups attached to an aromatic ring is 1. The predicted octanol–water partition coefficient (Wildman–Crippen LogP) is 1.75. The molecule has 0 radical (unpaired) electrons. The molecule has 5 heteroatoms. The fraction of sp³-hybridized carbons (Fsp3) is 0.636. The lowest BCUT2D eigenvalue weighted by molar-refractivity contribution is 0.585. The summed E-state index contributed by atoms with van der Waals surface area (Å²) in [4.78, 5) is 8.37. The van der Waals surface area contributed by atoms with Gasteiger partial charge in [-0.15, -0.1) is 0 Å². The van der Waals surface area contributed by atoms with E-state index < -0.39 is 0 Å². The molecule has 5 nitrogen and oxygen atoms in total. The van der Waals surface area contributed by atoms with Crippen molar-refractivity contribution in [3.8, 4) is 0 Å². The van der Waals surface area contributed by atoms with Crippen LogP contribution in [-0.4, -0.2) is 16.0 Å². The van der Waals surface area contributed by atoms with Gasteiger partial charge in [0.1, 0.15) is 5.82 Å². The van der Waals surface area contributed by atoms with Gasteiger partial charge in [0.15, 0.2) is 5.82 Å². The van der Waals surface area contributed by atoms with Crippen molar-refractivity contribution in [2.45, 2.75) is 38.6 Å². The van der Waals surface area contributed by atoms with Crippen LogP contribution in [-0.2, 0) is 0 Å². The Labute approximate surface area is 95.8 Å². The third-order valence-electron chi connectivity index (χ3n) is 2.94. The fourth-order valence-electron chi connectivity index (χ4n) is 1.80. The molecule has 1 saturated carbocycles. The van der Waals surface area contributed by atoms with Crippen molar-refractivity contribution >= 4 is 11.6 Å². The molecule has 1 aliphatic carbocycles. The Morgan fingerprint density at radius 1 is 1.44 bits per heavy atom. The number of nitrogens with two attached hydrogens (primary N) is 1. The standard InChI is InChI=1S/C11H19N5/c1-2-9(5-8-3-4-8)14-10-6-13-7-11(15-10)16-12/h6-9H,2-5,12H2,1H3,(H2,14,15,16). The molecule has 0 saturated heterocycles. The topological polar surface area (TPSA) is 75.9 Å². The largest absolute Gasteiger partial charge is 0.366 e. The van der Waals surface area contributed by atoms with E-state index in [2.05, 4.69) is 27.6 Å². The van der Waals surface area contributed by atoms with Crippen molar-refractivity contribution < 1.29 is 0 Å². The fourth-order valence-corrected chi connectivity index (χ4v) is 1.80. The van der Waals surface area contributed by atoms with Gasteiger partial charge < -0.3 is 10.7 Å². The number of aromatic nitrogens is 2. The van der Waals surface area contributed by atoms with Crippen LogP contribution >= 0.6 is 0 Å². The lowest BCUT2D eigenvalue weighted by Crippen LogP contribution is -2.20. The lowest BCUT2D eigenvalue weighted by Gasteiger charge is -2.17. The third-order valence-corrected chi connectivity index (χ3v) is 2.94. The Hall–Kier alpha value is -1.36. The highest BCUT2D eigenvalue weighted by Gasteiger charge is 2.24. The maximum atomic E-state index is 5.29. The Bertz CT molecular complexity index is 337. The molecule has 2 rings (SSSR count). The number of hydrazine groups is 1. The Kier molecular flexibility index (Phi) is 3.56. The van der Waals surface area contributed by atoms with Crippen molar-refractivity contribution in [3.05, 3.63) is 12.4 Å². The van der Waals surface area contributed by atoms with Crippen molar-refractivity contribution in [3.63, 3.8) is 0 Å². The average molecular weight is 221 g/mol. The highest BCUT2D eigenvalue weighted by molar-refractivity contribution is 5.41. The van der Waals surface area contributed by atoms with Gasteiger partial charge in [0.25, 0.3) is 0 Å². The molecule has 1 atom stereocenters. The number of hydrogen-bond donors (Lipinski definition) is 3. The third kappa shape index (κ3) is 3.06. The van der Waals surface area contributed by atoms with E-state index in [0.717, 1.165) is 18.2 Å². The number of hydrogen-bond acceptors (Lipinski definition) is 5. The zero-order valence-electron chi connectivity index (χ0n) is 9.61. The molecule has 1 aromatic heterocycles. The Morgan fingerprint density at radius 3 is 2.81 bits per heavy atom. The lowest BCUT2D eigenvalue weighted by atomic mass is 10.1. The molecule has 0 aliphatic heterocycles. The molecule has 0 spiro atoms.